The van der Waals surface area contributed by atoms with E-state index in [1.807, 2.05) is 60.7 Å². The minimum atomic E-state index is 0.142. The Morgan fingerprint density at radius 1 is 0.585 bits per heavy atom. The molecule has 1 saturated heterocycles. The molecule has 1 fully saturated rings. The third-order valence-corrected chi connectivity index (χ3v) is 7.13. The molecule has 0 radical (unpaired) electrons. The van der Waals surface area contributed by atoms with Crippen molar-refractivity contribution in [1.29, 1.82) is 0 Å². The van der Waals surface area contributed by atoms with Crippen molar-refractivity contribution in [1.82, 2.24) is 25.3 Å². The van der Waals surface area contributed by atoms with Gasteiger partial charge in [0.1, 0.15) is 22.5 Å². The molecule has 1 aliphatic heterocycles. The number of nitrogens with zero attached hydrogens (tertiary/aromatic N) is 5. The molecule has 204 valence electrons. The highest BCUT2D eigenvalue weighted by atomic mass is 35.5. The molecule has 1 aliphatic rings. The number of hydrogen-bond donors (Lipinski definition) is 3. The van der Waals surface area contributed by atoms with Crippen molar-refractivity contribution in [3.8, 4) is 34.3 Å². The molecule has 9 heteroatoms. The van der Waals surface area contributed by atoms with E-state index < -0.39 is 0 Å². The summed E-state index contributed by atoms with van der Waals surface area (Å²) >= 11 is 6.13. The SMILES string of the molecule is Oc1ccccc1-c1nc(Cl)c2ccccc2n1.Oc1ccccc1-c1nc(N2CCNCC2)c2ccccc2n1. The fourth-order valence-electron chi connectivity index (χ4n) is 4.78. The quantitative estimate of drug-likeness (QED) is 0.223. The van der Waals surface area contributed by atoms with Crippen LogP contribution in [0.1, 0.15) is 0 Å². The van der Waals surface area contributed by atoms with Gasteiger partial charge in [0.25, 0.3) is 0 Å². The molecule has 7 rings (SSSR count). The standard InChI is InChI=1S/C18H18N4O.C14H9ClN2O/c23-16-8-4-2-6-14(16)17-20-15-7-3-1-5-13(15)18(21-17)22-11-9-19-10-12-22;15-13-9-5-1-3-7-11(9)16-14(17-13)10-6-2-4-8-12(10)18/h1-8,19,23H,9-12H2;1-8,18H. The Morgan fingerprint density at radius 2 is 1.07 bits per heavy atom. The lowest BCUT2D eigenvalue weighted by Gasteiger charge is -2.29. The van der Waals surface area contributed by atoms with Gasteiger partial charge < -0.3 is 20.4 Å². The van der Waals surface area contributed by atoms with Crippen molar-refractivity contribution >= 4 is 39.2 Å². The summed E-state index contributed by atoms with van der Waals surface area (Å²) in [5, 5.41) is 25.5. The van der Waals surface area contributed by atoms with Crippen LogP contribution in [-0.4, -0.2) is 56.3 Å². The van der Waals surface area contributed by atoms with E-state index in [1.165, 1.54) is 0 Å². The first-order valence-electron chi connectivity index (χ1n) is 13.3. The number of para-hydroxylation sites is 4. The van der Waals surface area contributed by atoms with Crippen LogP contribution in [0.2, 0.25) is 5.15 Å². The number of rotatable bonds is 3. The molecule has 0 atom stereocenters. The zero-order valence-electron chi connectivity index (χ0n) is 22.1. The predicted molar refractivity (Wildman–Crippen MR) is 163 cm³/mol. The maximum atomic E-state index is 10.1. The van der Waals surface area contributed by atoms with Crippen LogP contribution in [0.25, 0.3) is 44.6 Å². The topological polar surface area (TPSA) is 107 Å². The number of hydrogen-bond acceptors (Lipinski definition) is 8. The molecule has 8 nitrogen and oxygen atoms in total. The van der Waals surface area contributed by atoms with Crippen LogP contribution in [0.5, 0.6) is 11.5 Å². The summed E-state index contributed by atoms with van der Waals surface area (Å²) in [4.78, 5) is 20.4. The highest BCUT2D eigenvalue weighted by molar-refractivity contribution is 6.34. The Labute approximate surface area is 242 Å². The zero-order valence-corrected chi connectivity index (χ0v) is 22.8. The Balaban J connectivity index is 0.000000152. The average Bonchev–Trinajstić information content (AvgIpc) is 3.02. The molecule has 0 aliphatic carbocycles. The van der Waals surface area contributed by atoms with Gasteiger partial charge in [-0.3, -0.25) is 0 Å². The van der Waals surface area contributed by atoms with Gasteiger partial charge in [0.05, 0.1) is 22.2 Å². The lowest BCUT2D eigenvalue weighted by atomic mass is 10.1. The van der Waals surface area contributed by atoms with E-state index in [-0.39, 0.29) is 11.5 Å². The molecule has 0 saturated carbocycles. The Kier molecular flexibility index (Phi) is 7.58. The van der Waals surface area contributed by atoms with Gasteiger partial charge in [0.15, 0.2) is 11.6 Å². The van der Waals surface area contributed by atoms with Crippen molar-refractivity contribution in [2.75, 3.05) is 31.1 Å². The number of aromatic nitrogens is 4. The van der Waals surface area contributed by atoms with Crippen LogP contribution in [0.3, 0.4) is 0 Å². The van der Waals surface area contributed by atoms with Crippen LogP contribution in [-0.2, 0) is 0 Å². The van der Waals surface area contributed by atoms with Crippen molar-refractivity contribution < 1.29 is 10.2 Å². The molecular weight excluding hydrogens is 536 g/mol. The number of anilines is 1. The number of benzene rings is 4. The van der Waals surface area contributed by atoms with E-state index in [0.29, 0.717) is 27.9 Å². The van der Waals surface area contributed by atoms with Crippen LogP contribution < -0.4 is 10.2 Å². The Morgan fingerprint density at radius 3 is 1.68 bits per heavy atom. The summed E-state index contributed by atoms with van der Waals surface area (Å²) in [6.45, 7) is 3.73. The van der Waals surface area contributed by atoms with E-state index >= 15 is 0 Å². The summed E-state index contributed by atoms with van der Waals surface area (Å²) in [7, 11) is 0. The fraction of sp³-hybridized carbons (Fsp3) is 0.125. The van der Waals surface area contributed by atoms with Crippen molar-refractivity contribution in [3.63, 3.8) is 0 Å². The fourth-order valence-corrected chi connectivity index (χ4v) is 5.02. The van der Waals surface area contributed by atoms with Gasteiger partial charge in [0.2, 0.25) is 0 Å². The van der Waals surface area contributed by atoms with Gasteiger partial charge in [0, 0.05) is 37.0 Å². The summed E-state index contributed by atoms with van der Waals surface area (Å²) in [5.41, 5.74) is 2.89. The molecule has 2 aromatic heterocycles. The second-order valence-electron chi connectivity index (χ2n) is 9.51. The van der Waals surface area contributed by atoms with Crippen molar-refractivity contribution in [2.45, 2.75) is 0 Å². The first-order valence-corrected chi connectivity index (χ1v) is 13.7. The first-order chi connectivity index (χ1) is 20.1. The molecule has 0 unspecified atom stereocenters. The molecule has 3 heterocycles. The van der Waals surface area contributed by atoms with Gasteiger partial charge in [-0.15, -0.1) is 0 Å². The summed E-state index contributed by atoms with van der Waals surface area (Å²) in [5.74, 6) is 2.28. The zero-order chi connectivity index (χ0) is 28.2. The van der Waals surface area contributed by atoms with Gasteiger partial charge >= 0.3 is 0 Å². The smallest absolute Gasteiger partial charge is 0.165 e. The van der Waals surface area contributed by atoms with Crippen molar-refractivity contribution in [2.24, 2.45) is 0 Å². The second kappa shape index (κ2) is 11.8. The molecule has 6 aromatic rings. The normalized spacial score (nSPS) is 13.1. The lowest BCUT2D eigenvalue weighted by Crippen LogP contribution is -2.44. The van der Waals surface area contributed by atoms with E-state index in [2.05, 4.69) is 31.2 Å². The van der Waals surface area contributed by atoms with Crippen LogP contribution >= 0.6 is 11.6 Å². The average molecular weight is 563 g/mol. The maximum Gasteiger partial charge on any atom is 0.165 e. The molecule has 0 spiro atoms. The van der Waals surface area contributed by atoms with Gasteiger partial charge in [-0.2, -0.15) is 0 Å². The first kappa shape index (κ1) is 26.4. The Bertz CT molecular complexity index is 1840. The molecular formula is C32H27ClN6O2. The molecule has 41 heavy (non-hydrogen) atoms. The molecule has 0 bridgehead atoms. The predicted octanol–water partition coefficient (Wildman–Crippen LogP) is 6.07. The van der Waals surface area contributed by atoms with Crippen LogP contribution in [0.4, 0.5) is 5.82 Å². The molecule has 0 amide bonds. The minimum Gasteiger partial charge on any atom is -0.507 e. The van der Waals surface area contributed by atoms with Gasteiger partial charge in [-0.25, -0.2) is 19.9 Å². The van der Waals surface area contributed by atoms with Crippen LogP contribution in [0, 0.1) is 0 Å². The summed E-state index contributed by atoms with van der Waals surface area (Å²) < 4.78 is 0. The summed E-state index contributed by atoms with van der Waals surface area (Å²) in [6, 6.07) is 29.7. The van der Waals surface area contributed by atoms with Crippen LogP contribution in [0.15, 0.2) is 97.1 Å². The monoisotopic (exact) mass is 562 g/mol. The van der Waals surface area contributed by atoms with Crippen molar-refractivity contribution in [3.05, 3.63) is 102 Å². The van der Waals surface area contributed by atoms with Gasteiger partial charge in [-0.05, 0) is 48.5 Å². The highest BCUT2D eigenvalue weighted by Crippen LogP contribution is 2.32. The highest BCUT2D eigenvalue weighted by Gasteiger charge is 2.18. The third-order valence-electron chi connectivity index (χ3n) is 6.85. The minimum absolute atomic E-state index is 0.142. The van der Waals surface area contributed by atoms with E-state index in [4.69, 9.17) is 16.6 Å². The number of phenols is 2. The summed E-state index contributed by atoms with van der Waals surface area (Å²) in [6.07, 6.45) is 0. The van der Waals surface area contributed by atoms with E-state index in [0.717, 1.165) is 53.8 Å². The molecule has 3 N–H and O–H groups in total. The number of halogens is 1. The third kappa shape index (κ3) is 5.61. The maximum absolute atomic E-state index is 10.1. The number of nitrogens with one attached hydrogen (secondary N) is 1. The Hall–Kier alpha value is -4.79. The largest absolute Gasteiger partial charge is 0.507 e. The number of phenolic OH excluding ortho intramolecular Hbond substituents is 2. The number of fused-ring (bicyclic) bond motifs is 2. The number of piperazine rings is 1. The molecule has 4 aromatic carbocycles. The van der Waals surface area contributed by atoms with Gasteiger partial charge in [-0.1, -0.05) is 60.1 Å². The van der Waals surface area contributed by atoms with E-state index in [9.17, 15) is 10.2 Å². The second-order valence-corrected chi connectivity index (χ2v) is 9.87. The number of aromatic hydroxyl groups is 2. The van der Waals surface area contributed by atoms with E-state index in [1.54, 1.807) is 30.3 Å². The lowest BCUT2D eigenvalue weighted by molar-refractivity contribution is 0.476.